The van der Waals surface area contributed by atoms with Crippen molar-refractivity contribution in [3.05, 3.63) is 34.9 Å². The first kappa shape index (κ1) is 27.4. The average Bonchev–Trinajstić information content (AvgIpc) is 2.69. The molecule has 0 saturated carbocycles. The summed E-state index contributed by atoms with van der Waals surface area (Å²) in [4.78, 5) is 1.47. The molecule has 0 radical (unpaired) electrons. The molecule has 6 nitrogen and oxygen atoms in total. The molecule has 3 N–H and O–H groups in total. The van der Waals surface area contributed by atoms with E-state index in [0.29, 0.717) is 25.0 Å². The van der Waals surface area contributed by atoms with Crippen LogP contribution >= 0.6 is 0 Å². The topological polar surface area (TPSA) is 92.9 Å². The summed E-state index contributed by atoms with van der Waals surface area (Å²) in [7, 11) is -4.53. The zero-order valence-corrected chi connectivity index (χ0v) is 18.6. The Bertz CT molecular complexity index is 972. The molecule has 0 bridgehead atoms. The lowest BCUT2D eigenvalue weighted by Crippen LogP contribution is -2.46. The van der Waals surface area contributed by atoms with Gasteiger partial charge >= 0.3 is 22.7 Å². The van der Waals surface area contributed by atoms with Crippen LogP contribution in [0.4, 0.5) is 26.3 Å². The van der Waals surface area contributed by atoms with Crippen LogP contribution < -0.4 is 5.14 Å². The van der Waals surface area contributed by atoms with Gasteiger partial charge in [-0.25, -0.2) is 9.32 Å². The molecule has 1 aromatic carbocycles. The molecule has 186 valence electrons. The van der Waals surface area contributed by atoms with Crippen LogP contribution in [0.25, 0.3) is 0 Å². The average molecular weight is 502 g/mol. The third-order valence-corrected chi connectivity index (χ3v) is 5.98. The van der Waals surface area contributed by atoms with Gasteiger partial charge in [0.15, 0.2) is 6.23 Å². The number of rotatable bonds is 5. The summed E-state index contributed by atoms with van der Waals surface area (Å²) in [5, 5.41) is 14.4. The molecule has 2 rings (SSSR count). The zero-order chi connectivity index (χ0) is 25.2. The van der Waals surface area contributed by atoms with Crippen LogP contribution in [0.3, 0.4) is 0 Å². The largest absolute Gasteiger partial charge is 0.416 e. The zero-order valence-electron chi connectivity index (χ0n) is 17.8. The minimum absolute atomic E-state index is 0.0306. The maximum absolute atomic E-state index is 13.0. The fourth-order valence-electron chi connectivity index (χ4n) is 3.52. The summed E-state index contributed by atoms with van der Waals surface area (Å²) < 4.78 is 106. The summed E-state index contributed by atoms with van der Waals surface area (Å²) in [5.41, 5.74) is -4.09. The number of nitrogens with two attached hydrogens (primary N) is 1. The molecule has 1 saturated heterocycles. The van der Waals surface area contributed by atoms with Crippen LogP contribution in [0.2, 0.25) is 0 Å². The monoisotopic (exact) mass is 502 g/mol. The summed E-state index contributed by atoms with van der Waals surface area (Å²) in [6.45, 7) is 4.21. The number of benzene rings is 1. The van der Waals surface area contributed by atoms with Crippen molar-refractivity contribution in [3.8, 4) is 11.8 Å². The van der Waals surface area contributed by atoms with Crippen molar-refractivity contribution in [1.29, 1.82) is 0 Å². The Balaban J connectivity index is 2.37. The Kier molecular flexibility index (Phi) is 8.13. The van der Waals surface area contributed by atoms with E-state index in [1.807, 2.05) is 13.8 Å². The number of hydrogen-bond donors (Lipinski definition) is 2. The van der Waals surface area contributed by atoms with Crippen molar-refractivity contribution in [2.24, 2.45) is 16.5 Å². The second kappa shape index (κ2) is 9.79. The number of likely N-dealkylation sites (tertiary alicyclic amines) is 1. The van der Waals surface area contributed by atoms with Gasteiger partial charge in [0.05, 0.1) is 11.1 Å². The van der Waals surface area contributed by atoms with Gasteiger partial charge in [0.25, 0.3) is 0 Å². The second-order valence-electron chi connectivity index (χ2n) is 8.46. The third-order valence-electron chi connectivity index (χ3n) is 5.53. The summed E-state index contributed by atoms with van der Waals surface area (Å²) >= 11 is 0. The second-order valence-corrected chi connectivity index (χ2v) is 9.64. The van der Waals surface area contributed by atoms with E-state index < -0.39 is 45.6 Å². The number of nitrogens with zero attached hydrogens (tertiary/aromatic N) is 1. The van der Waals surface area contributed by atoms with Crippen LogP contribution in [0, 0.1) is 23.2 Å². The number of aliphatic hydroxyl groups is 1. The third kappa shape index (κ3) is 7.86. The standard InChI is InChI=1S/C20H24F6N2O4S/c1-18(2,12-29)14-5-7-28(8-6-14)17(32-33(27,30)31)4-3-13-9-15(19(21,22)23)11-16(10-13)20(24,25)26/h9-11,14,17,29H,5-8,12H2,1-2H3,(H2,27,30,31). The Morgan fingerprint density at radius 1 is 1.09 bits per heavy atom. The maximum atomic E-state index is 13.0. The summed E-state index contributed by atoms with van der Waals surface area (Å²) in [6, 6.07) is 0.843. The first-order valence-corrected chi connectivity index (χ1v) is 11.3. The quantitative estimate of drug-likeness (QED) is 0.476. The van der Waals surface area contributed by atoms with Gasteiger partial charge in [-0.1, -0.05) is 19.8 Å². The molecule has 0 aliphatic carbocycles. The molecule has 33 heavy (non-hydrogen) atoms. The number of alkyl halides is 6. The van der Waals surface area contributed by atoms with E-state index in [1.54, 1.807) is 0 Å². The van der Waals surface area contributed by atoms with Crippen LogP contribution in [0.1, 0.15) is 43.4 Å². The van der Waals surface area contributed by atoms with Gasteiger partial charge in [0.1, 0.15) is 0 Å². The molecule has 1 fully saturated rings. The molecule has 13 heteroatoms. The Hall–Kier alpha value is -1.85. The number of aliphatic hydroxyl groups excluding tert-OH is 1. The van der Waals surface area contributed by atoms with E-state index in [0.717, 1.165) is 0 Å². The van der Waals surface area contributed by atoms with Gasteiger partial charge in [-0.15, -0.1) is 0 Å². The van der Waals surface area contributed by atoms with E-state index in [1.165, 1.54) is 4.90 Å². The van der Waals surface area contributed by atoms with Crippen molar-refractivity contribution in [1.82, 2.24) is 4.90 Å². The molecule has 1 heterocycles. The molecule has 1 aromatic rings. The van der Waals surface area contributed by atoms with Crippen molar-refractivity contribution in [3.63, 3.8) is 0 Å². The van der Waals surface area contributed by atoms with Crippen LogP contribution in [-0.4, -0.2) is 44.3 Å². The van der Waals surface area contributed by atoms with Gasteiger partial charge < -0.3 is 5.11 Å². The van der Waals surface area contributed by atoms with Crippen LogP contribution in [-0.2, 0) is 26.8 Å². The fraction of sp³-hybridized carbons (Fsp3) is 0.600. The summed E-state index contributed by atoms with van der Waals surface area (Å²) in [6.07, 6.45) is -10.5. The minimum Gasteiger partial charge on any atom is -0.396 e. The number of piperidine rings is 1. The van der Waals surface area contributed by atoms with Gasteiger partial charge in [-0.3, -0.25) is 4.90 Å². The molecule has 0 amide bonds. The smallest absolute Gasteiger partial charge is 0.396 e. The molecular formula is C20H24F6N2O4S. The molecule has 1 aliphatic rings. The number of hydrogen-bond acceptors (Lipinski definition) is 5. The number of halogens is 6. The van der Waals surface area contributed by atoms with Gasteiger partial charge in [0.2, 0.25) is 0 Å². The highest BCUT2D eigenvalue weighted by atomic mass is 32.2. The Morgan fingerprint density at radius 2 is 1.58 bits per heavy atom. The summed E-state index contributed by atoms with van der Waals surface area (Å²) in [5.74, 6) is 4.56. The fourth-order valence-corrected chi connectivity index (χ4v) is 3.94. The van der Waals surface area contributed by atoms with E-state index in [9.17, 15) is 39.9 Å². The molecule has 0 spiro atoms. The van der Waals surface area contributed by atoms with E-state index in [-0.39, 0.29) is 37.1 Å². The normalized spacial score (nSPS) is 18.0. The van der Waals surface area contributed by atoms with Gasteiger partial charge in [0, 0.05) is 25.3 Å². The lowest BCUT2D eigenvalue weighted by atomic mass is 9.74. The molecular weight excluding hydrogens is 478 g/mol. The van der Waals surface area contributed by atoms with E-state index >= 15 is 0 Å². The van der Waals surface area contributed by atoms with Crippen molar-refractivity contribution >= 4 is 10.3 Å². The SMILES string of the molecule is CC(C)(CO)C1CCN(C(C#Cc2cc(C(F)(F)F)cc(C(F)(F)F)c2)OS(N)(=O)=O)CC1. The van der Waals surface area contributed by atoms with Gasteiger partial charge in [-0.2, -0.15) is 34.8 Å². The molecule has 1 unspecified atom stereocenters. The first-order chi connectivity index (χ1) is 14.9. The predicted octanol–water partition coefficient (Wildman–Crippen LogP) is 3.35. The Morgan fingerprint density at radius 3 is 1.97 bits per heavy atom. The van der Waals surface area contributed by atoms with Gasteiger partial charge in [-0.05, 0) is 48.3 Å². The minimum atomic E-state index is -5.05. The van der Waals surface area contributed by atoms with Crippen molar-refractivity contribution in [2.75, 3.05) is 19.7 Å². The molecule has 0 aromatic heterocycles. The van der Waals surface area contributed by atoms with Crippen molar-refractivity contribution < 1.29 is 44.0 Å². The predicted molar refractivity (Wildman–Crippen MR) is 106 cm³/mol. The highest BCUT2D eigenvalue weighted by molar-refractivity contribution is 7.84. The maximum Gasteiger partial charge on any atom is 0.416 e. The van der Waals surface area contributed by atoms with E-state index in [2.05, 4.69) is 11.8 Å². The highest BCUT2D eigenvalue weighted by Crippen LogP contribution is 2.37. The van der Waals surface area contributed by atoms with Crippen LogP contribution in [0.15, 0.2) is 18.2 Å². The highest BCUT2D eigenvalue weighted by Gasteiger charge is 2.37. The lowest BCUT2D eigenvalue weighted by Gasteiger charge is -2.40. The molecule has 1 aliphatic heterocycles. The van der Waals surface area contributed by atoms with E-state index in [4.69, 9.17) is 9.32 Å². The Labute approximate surface area is 188 Å². The first-order valence-electron chi connectivity index (χ1n) is 9.79. The van der Waals surface area contributed by atoms with Crippen molar-refractivity contribution in [2.45, 2.75) is 45.3 Å². The van der Waals surface area contributed by atoms with Crippen LogP contribution in [0.5, 0.6) is 0 Å². The molecule has 1 atom stereocenters. The lowest BCUT2D eigenvalue weighted by molar-refractivity contribution is -0.143.